The van der Waals surface area contributed by atoms with Gasteiger partial charge in [-0.3, -0.25) is 9.36 Å². The molecule has 1 amide bonds. The molecule has 1 aliphatic rings. The predicted octanol–water partition coefficient (Wildman–Crippen LogP) is 4.02. The third-order valence-electron chi connectivity index (χ3n) is 4.69. The number of benzene rings is 2. The van der Waals surface area contributed by atoms with Gasteiger partial charge in [-0.15, -0.1) is 0 Å². The van der Waals surface area contributed by atoms with Crippen LogP contribution in [0.1, 0.15) is 23.6 Å². The number of carbonyl (C=O) groups is 1. The van der Waals surface area contributed by atoms with Crippen molar-refractivity contribution in [1.29, 1.82) is 0 Å². The summed E-state index contributed by atoms with van der Waals surface area (Å²) >= 11 is 6.00. The number of halogens is 1. The highest BCUT2D eigenvalue weighted by Crippen LogP contribution is 2.39. The van der Waals surface area contributed by atoms with Gasteiger partial charge < -0.3 is 14.8 Å². The monoisotopic (exact) mass is 383 g/mol. The highest BCUT2D eigenvalue weighted by Gasteiger charge is 2.31. The fourth-order valence-corrected chi connectivity index (χ4v) is 3.47. The Morgan fingerprint density at radius 2 is 1.93 bits per heavy atom. The molecule has 2 heterocycles. The number of hydrogen-bond donors (Lipinski definition) is 1. The molecule has 1 N–H and O–H groups in total. The van der Waals surface area contributed by atoms with Crippen molar-refractivity contribution in [1.82, 2.24) is 9.55 Å². The number of methoxy groups -OCH3 is 2. The van der Waals surface area contributed by atoms with Crippen molar-refractivity contribution < 1.29 is 14.3 Å². The van der Waals surface area contributed by atoms with E-state index >= 15 is 0 Å². The van der Waals surface area contributed by atoms with Gasteiger partial charge in [0, 0.05) is 23.4 Å². The van der Waals surface area contributed by atoms with E-state index in [0.717, 1.165) is 16.9 Å². The molecule has 0 saturated heterocycles. The zero-order chi connectivity index (χ0) is 19.0. The van der Waals surface area contributed by atoms with Crippen LogP contribution >= 0.6 is 11.6 Å². The number of carbonyl (C=O) groups excluding carboxylic acids is 1. The molecule has 1 aromatic heterocycles. The lowest BCUT2D eigenvalue weighted by atomic mass is 9.90. The number of nitrogens with zero attached hydrogens (tertiary/aromatic N) is 2. The van der Waals surface area contributed by atoms with Crippen molar-refractivity contribution >= 4 is 23.3 Å². The Hall–Kier alpha value is -2.99. The van der Waals surface area contributed by atoms with E-state index in [1.807, 2.05) is 41.0 Å². The van der Waals surface area contributed by atoms with Crippen LogP contribution in [-0.4, -0.2) is 29.7 Å². The first-order valence-corrected chi connectivity index (χ1v) is 8.83. The topological polar surface area (TPSA) is 65.4 Å². The van der Waals surface area contributed by atoms with Crippen molar-refractivity contribution in [2.24, 2.45) is 0 Å². The van der Waals surface area contributed by atoms with Crippen LogP contribution in [0.15, 0.2) is 48.8 Å². The molecule has 0 spiro atoms. The number of rotatable bonds is 4. The van der Waals surface area contributed by atoms with Gasteiger partial charge in [0.2, 0.25) is 5.91 Å². The van der Waals surface area contributed by atoms with E-state index < -0.39 is 0 Å². The molecule has 0 bridgehead atoms. The molecule has 0 saturated carbocycles. The van der Waals surface area contributed by atoms with Gasteiger partial charge in [-0.25, -0.2) is 4.98 Å². The fourth-order valence-electron chi connectivity index (χ4n) is 3.34. The van der Waals surface area contributed by atoms with E-state index in [2.05, 4.69) is 10.3 Å². The van der Waals surface area contributed by atoms with Gasteiger partial charge in [0.25, 0.3) is 0 Å². The molecule has 1 aliphatic heterocycles. The smallest absolute Gasteiger partial charge is 0.226 e. The first kappa shape index (κ1) is 17.4. The van der Waals surface area contributed by atoms with E-state index in [-0.39, 0.29) is 11.8 Å². The molecule has 7 heteroatoms. The summed E-state index contributed by atoms with van der Waals surface area (Å²) in [4.78, 5) is 17.0. The lowest BCUT2D eigenvalue weighted by Gasteiger charge is -2.24. The molecule has 0 fully saturated rings. The van der Waals surface area contributed by atoms with Gasteiger partial charge in [-0.05, 0) is 29.8 Å². The van der Waals surface area contributed by atoms with Crippen LogP contribution < -0.4 is 14.8 Å². The van der Waals surface area contributed by atoms with E-state index in [1.165, 1.54) is 0 Å². The highest BCUT2D eigenvalue weighted by molar-refractivity contribution is 6.30. The summed E-state index contributed by atoms with van der Waals surface area (Å²) in [6, 6.07) is 13.0. The molecule has 138 valence electrons. The van der Waals surface area contributed by atoms with E-state index in [0.29, 0.717) is 28.8 Å². The van der Waals surface area contributed by atoms with E-state index in [9.17, 15) is 4.79 Å². The van der Waals surface area contributed by atoms with Crippen LogP contribution in [-0.2, 0) is 4.79 Å². The number of ether oxygens (including phenoxy) is 2. The van der Waals surface area contributed by atoms with E-state index in [1.54, 1.807) is 26.6 Å². The van der Waals surface area contributed by atoms with Gasteiger partial charge in [-0.1, -0.05) is 23.7 Å². The van der Waals surface area contributed by atoms with Gasteiger partial charge in [0.1, 0.15) is 23.6 Å². The standard InChI is InChI=1S/C20H18ClN3O3/c1-26-14-7-8-16(17(9-14)27-2)24-11-22-19-15(10-18(25)23-20(19)24)12-3-5-13(21)6-4-12/h3-9,11,15H,10H2,1-2H3,(H,23,25)/t15-/m0/s1. The molecular formula is C20H18ClN3O3. The van der Waals surface area contributed by atoms with Gasteiger partial charge in [0.15, 0.2) is 0 Å². The molecule has 27 heavy (non-hydrogen) atoms. The summed E-state index contributed by atoms with van der Waals surface area (Å²) in [6.07, 6.45) is 2.04. The largest absolute Gasteiger partial charge is 0.497 e. The molecular weight excluding hydrogens is 366 g/mol. The predicted molar refractivity (Wildman–Crippen MR) is 103 cm³/mol. The summed E-state index contributed by atoms with van der Waals surface area (Å²) in [6.45, 7) is 0. The zero-order valence-corrected chi connectivity index (χ0v) is 15.7. The molecule has 0 unspecified atom stereocenters. The third-order valence-corrected chi connectivity index (χ3v) is 4.94. The van der Waals surface area contributed by atoms with Crippen molar-refractivity contribution in [3.8, 4) is 17.2 Å². The fraction of sp³-hybridized carbons (Fsp3) is 0.200. The Kier molecular flexibility index (Phi) is 4.49. The van der Waals surface area contributed by atoms with Crippen LogP contribution in [0.3, 0.4) is 0 Å². The summed E-state index contributed by atoms with van der Waals surface area (Å²) in [5, 5.41) is 3.61. The van der Waals surface area contributed by atoms with Gasteiger partial charge >= 0.3 is 0 Å². The summed E-state index contributed by atoms with van der Waals surface area (Å²) in [5.74, 6) is 1.77. The molecule has 1 atom stereocenters. The number of aromatic nitrogens is 2. The first-order valence-electron chi connectivity index (χ1n) is 8.45. The lowest BCUT2D eigenvalue weighted by Crippen LogP contribution is -2.25. The first-order chi connectivity index (χ1) is 13.1. The number of nitrogens with one attached hydrogen (secondary N) is 1. The number of anilines is 1. The highest BCUT2D eigenvalue weighted by atomic mass is 35.5. The summed E-state index contributed by atoms with van der Waals surface area (Å²) in [5.41, 5.74) is 2.58. The van der Waals surface area contributed by atoms with Crippen LogP contribution in [0.4, 0.5) is 5.82 Å². The second-order valence-corrected chi connectivity index (χ2v) is 6.68. The molecule has 4 rings (SSSR count). The normalized spacial score (nSPS) is 15.8. The Morgan fingerprint density at radius 1 is 1.15 bits per heavy atom. The molecule has 0 radical (unpaired) electrons. The summed E-state index contributed by atoms with van der Waals surface area (Å²) < 4.78 is 12.6. The minimum atomic E-state index is -0.128. The number of fused-ring (bicyclic) bond motifs is 1. The average molecular weight is 384 g/mol. The maximum Gasteiger partial charge on any atom is 0.226 e. The number of hydrogen-bond acceptors (Lipinski definition) is 4. The number of amides is 1. The van der Waals surface area contributed by atoms with Crippen molar-refractivity contribution in [2.75, 3.05) is 19.5 Å². The SMILES string of the molecule is COc1ccc(-n2cnc3c2NC(=O)C[C@H]3c2ccc(Cl)cc2)c(OC)c1. The van der Waals surface area contributed by atoms with Crippen LogP contribution in [0, 0.1) is 0 Å². The minimum Gasteiger partial charge on any atom is -0.497 e. The Balaban J connectivity index is 1.81. The molecule has 3 aromatic rings. The van der Waals surface area contributed by atoms with Gasteiger partial charge in [-0.2, -0.15) is 0 Å². The zero-order valence-electron chi connectivity index (χ0n) is 14.9. The number of imidazole rings is 1. The molecule has 6 nitrogen and oxygen atoms in total. The second-order valence-electron chi connectivity index (χ2n) is 6.24. The Labute approximate surface area is 161 Å². The van der Waals surface area contributed by atoms with Crippen molar-refractivity contribution in [3.63, 3.8) is 0 Å². The lowest BCUT2D eigenvalue weighted by molar-refractivity contribution is -0.116. The van der Waals surface area contributed by atoms with E-state index in [4.69, 9.17) is 21.1 Å². The minimum absolute atomic E-state index is 0.0586. The van der Waals surface area contributed by atoms with Crippen molar-refractivity contribution in [2.45, 2.75) is 12.3 Å². The third kappa shape index (κ3) is 3.13. The van der Waals surface area contributed by atoms with Crippen LogP contribution in [0.25, 0.3) is 5.69 Å². The maximum atomic E-state index is 12.4. The quantitative estimate of drug-likeness (QED) is 0.739. The van der Waals surface area contributed by atoms with Gasteiger partial charge in [0.05, 0.1) is 25.6 Å². The molecule has 0 aliphatic carbocycles. The Bertz CT molecular complexity index is 998. The average Bonchev–Trinajstić information content (AvgIpc) is 3.11. The maximum absolute atomic E-state index is 12.4. The molecule has 2 aromatic carbocycles. The van der Waals surface area contributed by atoms with Crippen molar-refractivity contribution in [3.05, 3.63) is 65.1 Å². The Morgan fingerprint density at radius 3 is 2.63 bits per heavy atom. The van der Waals surface area contributed by atoms with Crippen LogP contribution in [0.2, 0.25) is 5.02 Å². The van der Waals surface area contributed by atoms with Crippen LogP contribution in [0.5, 0.6) is 11.5 Å². The summed E-state index contributed by atoms with van der Waals surface area (Å²) in [7, 11) is 3.20. The second kappa shape index (κ2) is 6.96.